The Balaban J connectivity index is 0.906. The highest BCUT2D eigenvalue weighted by Crippen LogP contribution is 2.76. The minimum atomic E-state index is -2.17. The number of allylic oxidation sites excluding steroid dienone is 2. The number of esters is 1. The zero-order chi connectivity index (χ0) is 65.2. The molecule has 10 aliphatic rings. The topological polar surface area (TPSA) is 459 Å². The lowest BCUT2D eigenvalue weighted by Gasteiger charge is -2.72. The van der Waals surface area contributed by atoms with Gasteiger partial charge in [0.2, 0.25) is 0 Å². The number of carboxylic acid groups (broad SMARTS) is 1. The van der Waals surface area contributed by atoms with Crippen molar-refractivity contribution in [1.29, 1.82) is 0 Å². The Labute approximate surface area is 515 Å². The quantitative estimate of drug-likeness (QED) is 0.0424. The molecule has 0 aromatic heterocycles. The van der Waals surface area contributed by atoms with Crippen molar-refractivity contribution in [3.63, 3.8) is 0 Å². The highest BCUT2D eigenvalue weighted by molar-refractivity contribution is 5.73. The third-order valence-electron chi connectivity index (χ3n) is 23.5. The van der Waals surface area contributed by atoms with Gasteiger partial charge in [0.05, 0.1) is 51.3 Å². The molecule has 510 valence electrons. The van der Waals surface area contributed by atoms with E-state index >= 15 is 0 Å². The number of aliphatic hydroxyl groups excluding tert-OH is 15. The van der Waals surface area contributed by atoms with Crippen molar-refractivity contribution in [2.45, 2.75) is 266 Å². The van der Waals surface area contributed by atoms with E-state index in [-0.39, 0.29) is 36.2 Å². The van der Waals surface area contributed by atoms with Crippen LogP contribution in [0, 0.1) is 50.2 Å². The average molecular weight is 1280 g/mol. The molecule has 0 aromatic carbocycles. The summed E-state index contributed by atoms with van der Waals surface area (Å²) in [5, 5.41) is 174. The van der Waals surface area contributed by atoms with E-state index in [0.29, 0.717) is 44.9 Å². The van der Waals surface area contributed by atoms with Crippen LogP contribution < -0.4 is 0 Å². The number of ether oxygens (including phenoxy) is 11. The average Bonchev–Trinajstić information content (AvgIpc) is 0.679. The predicted molar refractivity (Wildman–Crippen MR) is 296 cm³/mol. The van der Waals surface area contributed by atoms with Gasteiger partial charge in [-0.05, 0) is 90.8 Å². The molecule has 0 bridgehead atoms. The van der Waals surface area contributed by atoms with Gasteiger partial charge in [-0.1, -0.05) is 60.1 Å². The van der Waals surface area contributed by atoms with Crippen LogP contribution in [0.1, 0.15) is 107 Å². The van der Waals surface area contributed by atoms with Gasteiger partial charge in [0.1, 0.15) is 97.7 Å². The monoisotopic (exact) mass is 1280 g/mol. The van der Waals surface area contributed by atoms with E-state index in [1.165, 1.54) is 5.57 Å². The molecule has 5 aliphatic carbocycles. The van der Waals surface area contributed by atoms with Crippen molar-refractivity contribution in [3.05, 3.63) is 11.6 Å². The van der Waals surface area contributed by atoms with Crippen LogP contribution in [0.5, 0.6) is 0 Å². The van der Waals surface area contributed by atoms with Gasteiger partial charge in [0.15, 0.2) is 43.7 Å². The van der Waals surface area contributed by atoms with E-state index < -0.39 is 225 Å². The molecular weight excluding hydrogens is 1180 g/mol. The SMILES string of the molecule is CC(=O)O[C@H]1[C@@H](OC2C(O)C(C)(C)CC3C4=CCC5C6(C)CCC(O[C@@H]7O[C@H](C(=O)O)[C@@H](O)[C@H](O)[C@H]7O[C@@H]7O[C@H](CO)[C@H](O)[C@H](O)[C@H]7O[C@H]7O[C@H](CO)C(O)[C@H](O)[C@H]7O)[C@](C)(CO)[C@@H]6CCC5(C)[C@]4(C)CCC32C)OC[C@H](O)[C@@H]1O[C@H]1OC[C@@H](O)[C@H](O)[C@H]1O. The normalized spacial score (nSPS) is 54.1. The minimum Gasteiger partial charge on any atom is -0.479 e. The Morgan fingerprint density at radius 2 is 1.12 bits per heavy atom. The molecule has 0 spiro atoms. The van der Waals surface area contributed by atoms with Crippen LogP contribution in [0.2, 0.25) is 0 Å². The van der Waals surface area contributed by atoms with E-state index in [0.717, 1.165) is 6.92 Å². The number of fused-ring (bicyclic) bond motifs is 7. The summed E-state index contributed by atoms with van der Waals surface area (Å²) in [6.07, 6.45) is -36.8. The molecule has 0 amide bonds. The second kappa shape index (κ2) is 25.7. The first-order chi connectivity index (χ1) is 41.7. The van der Waals surface area contributed by atoms with Gasteiger partial charge >= 0.3 is 11.9 Å². The summed E-state index contributed by atoms with van der Waals surface area (Å²) in [4.78, 5) is 25.4. The number of carbonyl (C=O) groups is 2. The zero-order valence-corrected chi connectivity index (χ0v) is 51.5. The van der Waals surface area contributed by atoms with Gasteiger partial charge in [-0.3, -0.25) is 4.79 Å². The van der Waals surface area contributed by atoms with E-state index in [1.54, 1.807) is 0 Å². The molecule has 10 rings (SSSR count). The van der Waals surface area contributed by atoms with Gasteiger partial charge < -0.3 is 134 Å². The fourth-order valence-electron chi connectivity index (χ4n) is 17.9. The minimum absolute atomic E-state index is 0.0214. The highest BCUT2D eigenvalue weighted by atomic mass is 16.8. The van der Waals surface area contributed by atoms with Crippen LogP contribution in [-0.2, 0) is 61.7 Å². The van der Waals surface area contributed by atoms with Gasteiger partial charge in [-0.2, -0.15) is 0 Å². The molecule has 4 saturated carbocycles. The van der Waals surface area contributed by atoms with E-state index in [4.69, 9.17) is 52.1 Å². The van der Waals surface area contributed by atoms with E-state index in [1.807, 2.05) is 20.8 Å². The number of aliphatic carboxylic acids is 1. The number of rotatable bonds is 15. The molecule has 89 heavy (non-hydrogen) atoms. The third-order valence-corrected chi connectivity index (χ3v) is 23.5. The molecule has 16 N–H and O–H groups in total. The van der Waals surface area contributed by atoms with Crippen molar-refractivity contribution >= 4 is 11.9 Å². The second-order valence-corrected chi connectivity index (χ2v) is 28.9. The molecule has 34 atom stereocenters. The molecule has 5 aliphatic heterocycles. The van der Waals surface area contributed by atoms with Crippen molar-refractivity contribution in [2.75, 3.05) is 33.0 Å². The van der Waals surface area contributed by atoms with Crippen LogP contribution in [0.4, 0.5) is 0 Å². The molecule has 9 fully saturated rings. The Bertz CT molecular complexity index is 2530. The molecule has 0 radical (unpaired) electrons. The standard InChI is InChI=1S/C60H96O29/c1-23(64)81-46-42(85-50-40(74)33(67)26(65)20-79-50)27(66)21-80-52(46)89-48-47(76)55(2,3)17-25-24-9-10-31-57(5)13-12-32(58(6,22-63)30(57)11-14-60(31,8)59(24,7)16-15-56(25,48)4)84-54-45(39(73)38(72)43(86-54)49(77)78)88-53-44(37(71)35(69)29(19-62)83-53)87-51-41(75)36(70)34(68)28(18-61)82-51/h9,25-48,50-54,61-63,65-76H,10-22H2,1-8H3,(H,77,78)/t25?,26-,27+,28-,29-,30-,31?,32?,33+,34?,35+,36+,37+,38+,39+,40-,41-,42+,43+,44-,45-,46-,47?,48?,50-,51-,52-,53+,54-,56?,57?,58-,59-,60?/m1/s1. The van der Waals surface area contributed by atoms with Gasteiger partial charge in [-0.15, -0.1) is 0 Å². The summed E-state index contributed by atoms with van der Waals surface area (Å²) in [6.45, 7) is 13.0. The Morgan fingerprint density at radius 1 is 0.551 bits per heavy atom. The van der Waals surface area contributed by atoms with Crippen LogP contribution in [-0.4, -0.2) is 286 Å². The van der Waals surface area contributed by atoms with Crippen LogP contribution in [0.15, 0.2) is 11.6 Å². The van der Waals surface area contributed by atoms with Crippen molar-refractivity contribution in [2.24, 2.45) is 50.2 Å². The summed E-state index contributed by atoms with van der Waals surface area (Å²) < 4.78 is 66.5. The maximum atomic E-state index is 12.8. The zero-order valence-electron chi connectivity index (χ0n) is 51.5. The van der Waals surface area contributed by atoms with E-state index in [9.17, 15) is 91.3 Å². The highest BCUT2D eigenvalue weighted by Gasteiger charge is 2.71. The van der Waals surface area contributed by atoms with E-state index in [2.05, 4.69) is 33.8 Å². The summed E-state index contributed by atoms with van der Waals surface area (Å²) in [5.41, 5.74) is -2.61. The van der Waals surface area contributed by atoms with Crippen LogP contribution in [0.25, 0.3) is 0 Å². The van der Waals surface area contributed by atoms with Crippen LogP contribution >= 0.6 is 0 Å². The third kappa shape index (κ3) is 11.7. The van der Waals surface area contributed by atoms with Crippen LogP contribution in [0.3, 0.4) is 0 Å². The first kappa shape index (κ1) is 69.5. The van der Waals surface area contributed by atoms with Gasteiger partial charge in [-0.25, -0.2) is 4.79 Å². The fraction of sp³-hybridized carbons (Fsp3) is 0.933. The number of carboxylic acids is 1. The first-order valence-electron chi connectivity index (χ1n) is 31.2. The maximum absolute atomic E-state index is 12.8. The molecule has 5 saturated heterocycles. The predicted octanol–water partition coefficient (Wildman–Crippen LogP) is -3.85. The summed E-state index contributed by atoms with van der Waals surface area (Å²) >= 11 is 0. The molecular formula is C60H96O29. The first-order valence-corrected chi connectivity index (χ1v) is 31.2. The largest absolute Gasteiger partial charge is 0.479 e. The number of hydrogen-bond acceptors (Lipinski definition) is 28. The van der Waals surface area contributed by atoms with Gasteiger partial charge in [0, 0.05) is 17.8 Å². The summed E-state index contributed by atoms with van der Waals surface area (Å²) in [6, 6.07) is 0. The van der Waals surface area contributed by atoms with Crippen molar-refractivity contribution < 1.29 is 143 Å². The lowest BCUT2D eigenvalue weighted by Crippen LogP contribution is -2.69. The molecule has 29 heteroatoms. The number of aliphatic hydroxyl groups is 15. The molecule has 0 aromatic rings. The van der Waals surface area contributed by atoms with Crippen molar-refractivity contribution in [1.82, 2.24) is 0 Å². The molecule has 9 unspecified atom stereocenters. The molecule has 29 nitrogen and oxygen atoms in total. The Kier molecular flexibility index (Phi) is 20.1. The fourth-order valence-corrected chi connectivity index (χ4v) is 17.9. The number of hydrogen-bond donors (Lipinski definition) is 16. The summed E-state index contributed by atoms with van der Waals surface area (Å²) in [5.74, 6) is -2.83. The number of carbonyl (C=O) groups excluding carboxylic acids is 1. The van der Waals surface area contributed by atoms with Gasteiger partial charge in [0.25, 0.3) is 0 Å². The lowest BCUT2D eigenvalue weighted by molar-refractivity contribution is -0.397. The van der Waals surface area contributed by atoms with Crippen molar-refractivity contribution in [3.8, 4) is 0 Å². The Hall–Kier alpha value is -2.32. The summed E-state index contributed by atoms with van der Waals surface area (Å²) in [7, 11) is 0. The Morgan fingerprint density at radius 3 is 1.75 bits per heavy atom. The smallest absolute Gasteiger partial charge is 0.335 e. The lowest BCUT2D eigenvalue weighted by atomic mass is 9.33. The molecule has 5 heterocycles. The maximum Gasteiger partial charge on any atom is 0.335 e. The second-order valence-electron chi connectivity index (χ2n) is 28.9.